The predicted octanol–water partition coefficient (Wildman–Crippen LogP) is 3.56. The summed E-state index contributed by atoms with van der Waals surface area (Å²) in [6.07, 6.45) is 6.93. The molecule has 0 saturated heterocycles. The van der Waals surface area contributed by atoms with Crippen molar-refractivity contribution in [3.8, 4) is 0 Å². The van der Waals surface area contributed by atoms with E-state index in [2.05, 4.69) is 46.8 Å². The SMILES string of the molecule is CS(C)(C)c1ccc(Br)s1. The topological polar surface area (TPSA) is 0 Å². The quantitative estimate of drug-likeness (QED) is 0.702. The minimum absolute atomic E-state index is 0.493. The van der Waals surface area contributed by atoms with Crippen molar-refractivity contribution in [3.05, 3.63) is 15.9 Å². The fourth-order valence-electron chi connectivity index (χ4n) is 0.627. The third-order valence-corrected chi connectivity index (χ3v) is 5.66. The van der Waals surface area contributed by atoms with Gasteiger partial charge in [-0.25, -0.2) is 10.0 Å². The first kappa shape index (κ1) is 8.62. The second-order valence-electron chi connectivity index (χ2n) is 2.90. The standard InChI is InChI=1S/C7H11BrS2/c1-10(2,3)7-5-4-6(8)9-7/h4-5H,1-3H3. The summed E-state index contributed by atoms with van der Waals surface area (Å²) < 4.78 is 2.75. The highest BCUT2D eigenvalue weighted by atomic mass is 79.9. The van der Waals surface area contributed by atoms with Gasteiger partial charge in [0.15, 0.2) is 0 Å². The lowest BCUT2D eigenvalue weighted by molar-refractivity contribution is 1.68. The van der Waals surface area contributed by atoms with Crippen LogP contribution in [0.4, 0.5) is 0 Å². The van der Waals surface area contributed by atoms with Gasteiger partial charge in [-0.2, -0.15) is 0 Å². The molecule has 0 radical (unpaired) electrons. The molecule has 0 atom stereocenters. The maximum absolute atomic E-state index is 3.46. The fourth-order valence-corrected chi connectivity index (χ4v) is 3.81. The van der Waals surface area contributed by atoms with E-state index in [9.17, 15) is 0 Å². The van der Waals surface area contributed by atoms with Crippen LogP contribution in [0.1, 0.15) is 0 Å². The number of thiophene rings is 1. The Kier molecular flexibility index (Phi) is 2.48. The van der Waals surface area contributed by atoms with E-state index in [4.69, 9.17) is 0 Å². The zero-order valence-corrected chi connectivity index (χ0v) is 9.57. The van der Waals surface area contributed by atoms with Gasteiger partial charge in [-0.1, -0.05) is 0 Å². The summed E-state index contributed by atoms with van der Waals surface area (Å²) in [5, 5.41) is 0. The molecule has 0 fully saturated rings. The van der Waals surface area contributed by atoms with Crippen LogP contribution in [0, 0.1) is 0 Å². The lowest BCUT2D eigenvalue weighted by Crippen LogP contribution is -1.87. The zero-order valence-electron chi connectivity index (χ0n) is 6.35. The van der Waals surface area contributed by atoms with Gasteiger partial charge in [-0.15, -0.1) is 11.3 Å². The zero-order chi connectivity index (χ0) is 7.78. The second kappa shape index (κ2) is 2.88. The summed E-state index contributed by atoms with van der Waals surface area (Å²) in [5.74, 6) is 0. The Morgan fingerprint density at radius 1 is 1.30 bits per heavy atom. The Morgan fingerprint density at radius 2 is 1.90 bits per heavy atom. The first-order chi connectivity index (χ1) is 4.50. The third kappa shape index (κ3) is 2.01. The van der Waals surface area contributed by atoms with Crippen molar-refractivity contribution in [1.82, 2.24) is 0 Å². The molecule has 0 N–H and O–H groups in total. The highest BCUT2D eigenvalue weighted by Crippen LogP contribution is 2.49. The van der Waals surface area contributed by atoms with Gasteiger partial charge >= 0.3 is 0 Å². The predicted molar refractivity (Wildman–Crippen MR) is 55.6 cm³/mol. The van der Waals surface area contributed by atoms with Crippen LogP contribution in [0.15, 0.2) is 20.1 Å². The Bertz CT molecular complexity index is 222. The van der Waals surface area contributed by atoms with Crippen LogP contribution in [0.2, 0.25) is 0 Å². The highest BCUT2D eigenvalue weighted by molar-refractivity contribution is 9.11. The molecular formula is C7H11BrS2. The summed E-state index contributed by atoms with van der Waals surface area (Å²) in [6.45, 7) is 0. The number of rotatable bonds is 1. The van der Waals surface area contributed by atoms with Gasteiger partial charge in [-0.05, 0) is 46.8 Å². The summed E-state index contributed by atoms with van der Waals surface area (Å²) in [7, 11) is -0.493. The summed E-state index contributed by atoms with van der Waals surface area (Å²) in [5.41, 5.74) is 0. The van der Waals surface area contributed by atoms with Crippen molar-refractivity contribution >= 4 is 37.3 Å². The number of hydrogen-bond donors (Lipinski definition) is 0. The van der Waals surface area contributed by atoms with Crippen LogP contribution in [0.5, 0.6) is 0 Å². The monoisotopic (exact) mass is 238 g/mol. The van der Waals surface area contributed by atoms with Crippen molar-refractivity contribution in [2.45, 2.75) is 4.21 Å². The van der Waals surface area contributed by atoms with Gasteiger partial charge in [-0.3, -0.25) is 0 Å². The van der Waals surface area contributed by atoms with Gasteiger partial charge in [0.05, 0.1) is 3.79 Å². The molecule has 0 aliphatic rings. The van der Waals surface area contributed by atoms with Gasteiger partial charge in [0.25, 0.3) is 0 Å². The van der Waals surface area contributed by atoms with Crippen molar-refractivity contribution in [1.29, 1.82) is 0 Å². The van der Waals surface area contributed by atoms with Crippen molar-refractivity contribution < 1.29 is 0 Å². The molecule has 0 aliphatic carbocycles. The summed E-state index contributed by atoms with van der Waals surface area (Å²) in [4.78, 5) is 0. The molecule has 0 aliphatic heterocycles. The van der Waals surface area contributed by atoms with E-state index in [0.717, 1.165) is 0 Å². The van der Waals surface area contributed by atoms with E-state index in [1.807, 2.05) is 11.3 Å². The van der Waals surface area contributed by atoms with Gasteiger partial charge in [0.1, 0.15) is 0 Å². The first-order valence-corrected chi connectivity index (χ1v) is 7.40. The molecule has 0 aromatic carbocycles. The third-order valence-electron chi connectivity index (χ3n) is 1.15. The van der Waals surface area contributed by atoms with E-state index < -0.39 is 10.0 Å². The Hall–Kier alpha value is 0.530. The van der Waals surface area contributed by atoms with Crippen LogP contribution in [0.25, 0.3) is 0 Å². The van der Waals surface area contributed by atoms with E-state index in [1.54, 1.807) is 0 Å². The molecule has 10 heavy (non-hydrogen) atoms. The van der Waals surface area contributed by atoms with Gasteiger partial charge in [0.2, 0.25) is 0 Å². The molecule has 1 rings (SSSR count). The maximum Gasteiger partial charge on any atom is 0.0709 e. The summed E-state index contributed by atoms with van der Waals surface area (Å²) >= 11 is 5.30. The molecule has 0 nitrogen and oxygen atoms in total. The van der Waals surface area contributed by atoms with Crippen LogP contribution < -0.4 is 0 Å². The highest BCUT2D eigenvalue weighted by Gasteiger charge is 2.09. The maximum atomic E-state index is 3.46. The van der Waals surface area contributed by atoms with E-state index >= 15 is 0 Å². The second-order valence-corrected chi connectivity index (χ2v) is 9.73. The molecule has 0 spiro atoms. The molecule has 0 amide bonds. The number of hydrogen-bond acceptors (Lipinski definition) is 1. The molecule has 0 bridgehead atoms. The Morgan fingerprint density at radius 3 is 2.10 bits per heavy atom. The molecule has 1 aromatic rings. The fraction of sp³-hybridized carbons (Fsp3) is 0.429. The first-order valence-electron chi connectivity index (χ1n) is 2.94. The lowest BCUT2D eigenvalue weighted by Gasteiger charge is -2.22. The van der Waals surface area contributed by atoms with Crippen LogP contribution in [-0.4, -0.2) is 18.8 Å². The van der Waals surface area contributed by atoms with Gasteiger partial charge in [0, 0.05) is 4.21 Å². The van der Waals surface area contributed by atoms with Crippen molar-refractivity contribution in [2.24, 2.45) is 0 Å². The average Bonchev–Trinajstić information content (AvgIpc) is 2.11. The van der Waals surface area contributed by atoms with Crippen LogP contribution in [0.3, 0.4) is 0 Å². The smallest absolute Gasteiger partial charge is 0.0709 e. The van der Waals surface area contributed by atoms with E-state index in [-0.39, 0.29) is 0 Å². The Balaban J connectivity index is 2.96. The van der Waals surface area contributed by atoms with Crippen LogP contribution in [-0.2, 0) is 0 Å². The van der Waals surface area contributed by atoms with Crippen molar-refractivity contribution in [2.75, 3.05) is 18.8 Å². The average molecular weight is 239 g/mol. The molecule has 3 heteroatoms. The van der Waals surface area contributed by atoms with Crippen LogP contribution >= 0.6 is 37.3 Å². The largest absolute Gasteiger partial charge is 0.214 e. The van der Waals surface area contributed by atoms with E-state index in [1.165, 1.54) is 8.00 Å². The molecular weight excluding hydrogens is 228 g/mol. The molecule has 1 heterocycles. The summed E-state index contributed by atoms with van der Waals surface area (Å²) in [6, 6.07) is 4.34. The molecule has 1 aromatic heterocycles. The van der Waals surface area contributed by atoms with Gasteiger partial charge < -0.3 is 0 Å². The van der Waals surface area contributed by atoms with E-state index in [0.29, 0.717) is 0 Å². The minimum atomic E-state index is -0.493. The molecule has 0 unspecified atom stereocenters. The van der Waals surface area contributed by atoms with Crippen molar-refractivity contribution in [3.63, 3.8) is 0 Å². The Labute approximate surface area is 76.1 Å². The number of halogens is 1. The normalized spacial score (nSPS) is 13.6. The minimum Gasteiger partial charge on any atom is -0.214 e. The lowest BCUT2D eigenvalue weighted by atomic mass is 10.7. The molecule has 58 valence electrons. The molecule has 0 saturated carbocycles.